The molecule has 2 aromatic carbocycles. The van der Waals surface area contributed by atoms with Crippen molar-refractivity contribution < 1.29 is 0 Å². The Morgan fingerprint density at radius 2 is 1.74 bits per heavy atom. The van der Waals surface area contributed by atoms with Crippen molar-refractivity contribution in [1.29, 1.82) is 0 Å². The van der Waals surface area contributed by atoms with Gasteiger partial charge < -0.3 is 5.73 Å². The highest BCUT2D eigenvalue weighted by Gasteiger charge is 2.18. The third-order valence-corrected chi connectivity index (χ3v) is 4.31. The first-order valence-corrected chi connectivity index (χ1v) is 7.55. The Bertz CT molecular complexity index is 628. The Balaban J connectivity index is 1.92. The molecule has 2 N–H and O–H groups in total. The predicted molar refractivity (Wildman–Crippen MR) is 84.9 cm³/mol. The van der Waals surface area contributed by atoms with Crippen LogP contribution < -0.4 is 5.73 Å². The maximum absolute atomic E-state index is 6.12. The molecule has 19 heavy (non-hydrogen) atoms. The standard InChI is InChI=1S/C16H17BrN2/c17-14-7-5-13-10-15(8-6-12(13)9-14)19-16(18)11-3-1-2-4-11/h5-11H,1-4H2,(H2,18,19). The lowest BCUT2D eigenvalue weighted by Crippen LogP contribution is -2.20. The van der Waals surface area contributed by atoms with E-state index in [4.69, 9.17) is 5.73 Å². The number of nitrogens with zero attached hydrogens (tertiary/aromatic N) is 1. The first-order chi connectivity index (χ1) is 9.22. The van der Waals surface area contributed by atoms with E-state index in [1.807, 2.05) is 6.07 Å². The maximum atomic E-state index is 6.12. The van der Waals surface area contributed by atoms with Crippen LogP contribution in [0.15, 0.2) is 45.9 Å². The summed E-state index contributed by atoms with van der Waals surface area (Å²) in [6.07, 6.45) is 4.95. The number of nitrogens with two attached hydrogens (primary N) is 1. The first-order valence-electron chi connectivity index (χ1n) is 6.76. The summed E-state index contributed by atoms with van der Waals surface area (Å²) in [5, 5.41) is 2.41. The SMILES string of the molecule is NC(=Nc1ccc2cc(Br)ccc2c1)C1CCCC1. The molecule has 0 aromatic heterocycles. The van der Waals surface area contributed by atoms with Gasteiger partial charge >= 0.3 is 0 Å². The van der Waals surface area contributed by atoms with Gasteiger partial charge in [0.25, 0.3) is 0 Å². The smallest absolute Gasteiger partial charge is 0.103 e. The van der Waals surface area contributed by atoms with Crippen LogP contribution in [0.1, 0.15) is 25.7 Å². The van der Waals surface area contributed by atoms with E-state index in [1.54, 1.807) is 0 Å². The first kappa shape index (κ1) is 12.7. The van der Waals surface area contributed by atoms with Gasteiger partial charge in [-0.2, -0.15) is 0 Å². The minimum absolute atomic E-state index is 0.487. The molecule has 2 nitrogen and oxygen atoms in total. The average molecular weight is 317 g/mol. The van der Waals surface area contributed by atoms with Gasteiger partial charge in [0.1, 0.15) is 5.84 Å². The van der Waals surface area contributed by atoms with Crippen LogP contribution in [0, 0.1) is 5.92 Å². The van der Waals surface area contributed by atoms with Crippen molar-refractivity contribution in [2.45, 2.75) is 25.7 Å². The summed E-state index contributed by atoms with van der Waals surface area (Å²) in [5.41, 5.74) is 7.08. The van der Waals surface area contributed by atoms with Crippen molar-refractivity contribution in [3.05, 3.63) is 40.9 Å². The summed E-state index contributed by atoms with van der Waals surface area (Å²) >= 11 is 3.49. The van der Waals surface area contributed by atoms with Gasteiger partial charge in [-0.3, -0.25) is 0 Å². The topological polar surface area (TPSA) is 38.4 Å². The predicted octanol–water partition coefficient (Wildman–Crippen LogP) is 4.78. The van der Waals surface area contributed by atoms with Crippen molar-refractivity contribution in [2.24, 2.45) is 16.6 Å². The number of hydrogen-bond acceptors (Lipinski definition) is 1. The molecular formula is C16H17BrN2. The van der Waals surface area contributed by atoms with E-state index in [-0.39, 0.29) is 0 Å². The zero-order valence-corrected chi connectivity index (χ0v) is 12.4. The van der Waals surface area contributed by atoms with Crippen LogP contribution in [-0.4, -0.2) is 5.84 Å². The molecule has 0 spiro atoms. The zero-order valence-electron chi connectivity index (χ0n) is 10.8. The number of hydrogen-bond donors (Lipinski definition) is 1. The highest BCUT2D eigenvalue weighted by atomic mass is 79.9. The van der Waals surface area contributed by atoms with E-state index in [9.17, 15) is 0 Å². The zero-order chi connectivity index (χ0) is 13.2. The second-order valence-corrected chi connectivity index (χ2v) is 6.11. The Morgan fingerprint density at radius 3 is 2.53 bits per heavy atom. The molecule has 0 bridgehead atoms. The van der Waals surface area contributed by atoms with E-state index in [0.29, 0.717) is 5.92 Å². The van der Waals surface area contributed by atoms with Gasteiger partial charge in [-0.25, -0.2) is 4.99 Å². The lowest BCUT2D eigenvalue weighted by Gasteiger charge is -2.08. The average Bonchev–Trinajstić information content (AvgIpc) is 2.93. The van der Waals surface area contributed by atoms with Gasteiger partial charge in [0.05, 0.1) is 5.69 Å². The molecule has 1 aliphatic rings. The second kappa shape index (κ2) is 5.33. The quantitative estimate of drug-likeness (QED) is 0.628. The molecule has 1 aliphatic carbocycles. The van der Waals surface area contributed by atoms with Gasteiger partial charge in [0.2, 0.25) is 0 Å². The van der Waals surface area contributed by atoms with Crippen molar-refractivity contribution in [1.82, 2.24) is 0 Å². The molecule has 0 heterocycles. The van der Waals surface area contributed by atoms with Gasteiger partial charge in [-0.05, 0) is 47.9 Å². The summed E-state index contributed by atoms with van der Waals surface area (Å²) in [7, 11) is 0. The summed E-state index contributed by atoms with van der Waals surface area (Å²) in [5.74, 6) is 1.29. The molecule has 0 radical (unpaired) electrons. The number of amidine groups is 1. The third kappa shape index (κ3) is 2.81. The Kier molecular flexibility index (Phi) is 3.56. The van der Waals surface area contributed by atoms with E-state index >= 15 is 0 Å². The van der Waals surface area contributed by atoms with E-state index in [1.165, 1.54) is 36.5 Å². The molecule has 0 unspecified atom stereocenters. The third-order valence-electron chi connectivity index (χ3n) is 3.82. The fraction of sp³-hybridized carbons (Fsp3) is 0.312. The van der Waals surface area contributed by atoms with Crippen LogP contribution in [0.25, 0.3) is 10.8 Å². The van der Waals surface area contributed by atoms with Crippen LogP contribution in [0.4, 0.5) is 5.69 Å². The number of fused-ring (bicyclic) bond motifs is 1. The van der Waals surface area contributed by atoms with Gasteiger partial charge in [0, 0.05) is 10.4 Å². The van der Waals surface area contributed by atoms with Crippen LogP contribution >= 0.6 is 15.9 Å². The maximum Gasteiger partial charge on any atom is 0.103 e. The van der Waals surface area contributed by atoms with Crippen molar-refractivity contribution in [3.63, 3.8) is 0 Å². The normalized spacial score (nSPS) is 17.2. The van der Waals surface area contributed by atoms with Crippen LogP contribution in [0.2, 0.25) is 0 Å². The fourth-order valence-corrected chi connectivity index (χ4v) is 3.11. The lowest BCUT2D eigenvalue weighted by molar-refractivity contribution is 0.722. The number of aliphatic imine (C=N–C) groups is 1. The van der Waals surface area contributed by atoms with Gasteiger partial charge in [-0.15, -0.1) is 0 Å². The monoisotopic (exact) mass is 316 g/mol. The minimum atomic E-state index is 0.487. The molecule has 0 saturated heterocycles. The molecule has 2 aromatic rings. The Labute approximate surface area is 121 Å². The highest BCUT2D eigenvalue weighted by molar-refractivity contribution is 9.10. The second-order valence-electron chi connectivity index (χ2n) is 5.19. The molecule has 1 fully saturated rings. The molecule has 0 amide bonds. The van der Waals surface area contributed by atoms with Crippen molar-refractivity contribution >= 4 is 38.2 Å². The van der Waals surface area contributed by atoms with Crippen molar-refractivity contribution in [3.8, 4) is 0 Å². The summed E-state index contributed by atoms with van der Waals surface area (Å²) in [6, 6.07) is 12.5. The molecular weight excluding hydrogens is 300 g/mol. The molecule has 0 aliphatic heterocycles. The highest BCUT2D eigenvalue weighted by Crippen LogP contribution is 2.28. The molecule has 3 rings (SSSR count). The summed E-state index contributed by atoms with van der Waals surface area (Å²) < 4.78 is 1.10. The van der Waals surface area contributed by atoms with Gasteiger partial charge in [-0.1, -0.05) is 40.9 Å². The van der Waals surface area contributed by atoms with Crippen LogP contribution in [-0.2, 0) is 0 Å². The fourth-order valence-electron chi connectivity index (χ4n) is 2.74. The molecule has 0 atom stereocenters. The number of rotatable bonds is 2. The summed E-state index contributed by atoms with van der Waals surface area (Å²) in [4.78, 5) is 4.60. The Hall–Kier alpha value is -1.35. The number of benzene rings is 2. The van der Waals surface area contributed by atoms with Crippen LogP contribution in [0.3, 0.4) is 0 Å². The minimum Gasteiger partial charge on any atom is -0.387 e. The van der Waals surface area contributed by atoms with E-state index in [2.05, 4.69) is 51.3 Å². The molecule has 1 saturated carbocycles. The van der Waals surface area contributed by atoms with E-state index in [0.717, 1.165) is 16.0 Å². The Morgan fingerprint density at radius 1 is 1.05 bits per heavy atom. The lowest BCUT2D eigenvalue weighted by atomic mass is 10.1. The molecule has 3 heteroatoms. The summed E-state index contributed by atoms with van der Waals surface area (Å²) in [6.45, 7) is 0. The van der Waals surface area contributed by atoms with Gasteiger partial charge in [0.15, 0.2) is 0 Å². The largest absolute Gasteiger partial charge is 0.387 e. The van der Waals surface area contributed by atoms with Crippen molar-refractivity contribution in [2.75, 3.05) is 0 Å². The molecule has 98 valence electrons. The number of halogens is 1. The van der Waals surface area contributed by atoms with E-state index < -0.39 is 0 Å². The van der Waals surface area contributed by atoms with Crippen LogP contribution in [0.5, 0.6) is 0 Å².